The minimum atomic E-state index is -1.92. The number of rotatable bonds is 2. The highest BCUT2D eigenvalue weighted by molar-refractivity contribution is 5.12. The molecule has 0 radical (unpaired) electrons. The lowest BCUT2D eigenvalue weighted by molar-refractivity contribution is -0.0248. The van der Waals surface area contributed by atoms with Gasteiger partial charge in [-0.3, -0.25) is 9.78 Å². The van der Waals surface area contributed by atoms with Crippen LogP contribution < -0.4 is 5.56 Å². The molecule has 0 aliphatic carbocycles. The van der Waals surface area contributed by atoms with Crippen LogP contribution in [-0.2, 0) is 4.74 Å². The van der Waals surface area contributed by atoms with Gasteiger partial charge in [-0.15, -0.1) is 0 Å². The van der Waals surface area contributed by atoms with E-state index in [1.54, 1.807) is 0 Å². The van der Waals surface area contributed by atoms with Crippen molar-refractivity contribution < 1.29 is 23.7 Å². The van der Waals surface area contributed by atoms with Crippen LogP contribution in [0.5, 0.6) is 0 Å². The van der Waals surface area contributed by atoms with Crippen LogP contribution in [0.3, 0.4) is 0 Å². The Labute approximate surface area is 100 Å². The number of aliphatic hydroxyl groups excluding tert-OH is 2. The molecule has 1 aromatic heterocycles. The molecule has 1 aromatic rings. The molecule has 0 bridgehead atoms. The van der Waals surface area contributed by atoms with E-state index in [0.717, 1.165) is 0 Å². The van der Waals surface area contributed by atoms with Gasteiger partial charge in [-0.25, -0.2) is 9.37 Å². The first-order valence-electron chi connectivity index (χ1n) is 5.30. The molecule has 3 N–H and O–H groups in total. The molecule has 1 aliphatic heterocycles. The quantitative estimate of drug-likeness (QED) is 0.658. The standard InChI is InChI=1S/C10H12F2N2O4/c1-3-10(17)14-9(12)6(13-3)8-5(11)7(16)4(2-15)18-8/h4-5,7-8,15-16H,2H2,1H3,(H,14,17)/t4-,5+,7?,8-/m1/s1. The molecule has 1 fully saturated rings. The molecule has 0 spiro atoms. The molecular formula is C10H12F2N2O4. The zero-order chi connectivity index (χ0) is 13.4. The van der Waals surface area contributed by atoms with Gasteiger partial charge in [0.1, 0.15) is 29.7 Å². The lowest BCUT2D eigenvalue weighted by Gasteiger charge is -2.13. The molecule has 6 nitrogen and oxygen atoms in total. The summed E-state index contributed by atoms with van der Waals surface area (Å²) in [7, 11) is 0. The van der Waals surface area contributed by atoms with Crippen LogP contribution in [0.4, 0.5) is 8.78 Å². The number of alkyl halides is 1. The van der Waals surface area contributed by atoms with E-state index in [4.69, 9.17) is 9.84 Å². The maximum absolute atomic E-state index is 13.7. The van der Waals surface area contributed by atoms with E-state index in [-0.39, 0.29) is 5.69 Å². The van der Waals surface area contributed by atoms with E-state index in [2.05, 4.69) is 4.98 Å². The van der Waals surface area contributed by atoms with Crippen LogP contribution in [0.15, 0.2) is 4.79 Å². The van der Waals surface area contributed by atoms with Gasteiger partial charge in [-0.1, -0.05) is 0 Å². The molecule has 4 atom stereocenters. The van der Waals surface area contributed by atoms with Gasteiger partial charge in [0.05, 0.1) is 6.61 Å². The Kier molecular flexibility index (Phi) is 3.42. The van der Waals surface area contributed by atoms with Gasteiger partial charge in [-0.2, -0.15) is 4.39 Å². The summed E-state index contributed by atoms with van der Waals surface area (Å²) >= 11 is 0. The minimum Gasteiger partial charge on any atom is -0.394 e. The highest BCUT2D eigenvalue weighted by atomic mass is 19.1. The van der Waals surface area contributed by atoms with Crippen molar-refractivity contribution in [2.24, 2.45) is 0 Å². The van der Waals surface area contributed by atoms with Crippen molar-refractivity contribution in [1.29, 1.82) is 0 Å². The molecule has 100 valence electrons. The van der Waals surface area contributed by atoms with Crippen molar-refractivity contribution in [2.45, 2.75) is 31.4 Å². The third kappa shape index (κ3) is 2.02. The lowest BCUT2D eigenvalue weighted by Crippen LogP contribution is -2.30. The Balaban J connectivity index is 2.38. The summed E-state index contributed by atoms with van der Waals surface area (Å²) in [5.41, 5.74) is -1.18. The number of aromatic amines is 1. The van der Waals surface area contributed by atoms with E-state index < -0.39 is 48.3 Å². The normalized spacial score (nSPS) is 31.8. The predicted octanol–water partition coefficient (Wildman–Crippen LogP) is -0.651. The van der Waals surface area contributed by atoms with Crippen molar-refractivity contribution in [3.63, 3.8) is 0 Å². The second-order valence-electron chi connectivity index (χ2n) is 4.06. The average Bonchev–Trinajstić information content (AvgIpc) is 2.61. The molecule has 1 aliphatic rings. The minimum absolute atomic E-state index is 0.0378. The largest absolute Gasteiger partial charge is 0.394 e. The smallest absolute Gasteiger partial charge is 0.271 e. The predicted molar refractivity (Wildman–Crippen MR) is 55.2 cm³/mol. The number of hydrogen-bond acceptors (Lipinski definition) is 5. The number of H-pyrrole nitrogens is 1. The van der Waals surface area contributed by atoms with Gasteiger partial charge >= 0.3 is 0 Å². The Morgan fingerprint density at radius 1 is 1.56 bits per heavy atom. The summed E-state index contributed by atoms with van der Waals surface area (Å²) in [5, 5.41) is 18.3. The fraction of sp³-hybridized carbons (Fsp3) is 0.600. The molecule has 2 heterocycles. The zero-order valence-electron chi connectivity index (χ0n) is 9.43. The van der Waals surface area contributed by atoms with Gasteiger partial charge in [0, 0.05) is 0 Å². The summed E-state index contributed by atoms with van der Waals surface area (Å²) in [4.78, 5) is 16.6. The highest BCUT2D eigenvalue weighted by Gasteiger charge is 2.46. The maximum Gasteiger partial charge on any atom is 0.271 e. The molecular weight excluding hydrogens is 250 g/mol. The third-order valence-corrected chi connectivity index (χ3v) is 2.83. The topological polar surface area (TPSA) is 95.4 Å². The monoisotopic (exact) mass is 262 g/mol. The number of aromatic nitrogens is 2. The van der Waals surface area contributed by atoms with Gasteiger partial charge in [0.25, 0.3) is 5.56 Å². The van der Waals surface area contributed by atoms with Gasteiger partial charge in [-0.05, 0) is 6.92 Å². The van der Waals surface area contributed by atoms with Crippen LogP contribution in [0.2, 0.25) is 0 Å². The number of hydrogen-bond donors (Lipinski definition) is 3. The van der Waals surface area contributed by atoms with Crippen LogP contribution >= 0.6 is 0 Å². The van der Waals surface area contributed by atoms with Crippen molar-refractivity contribution in [3.05, 3.63) is 27.7 Å². The van der Waals surface area contributed by atoms with Crippen molar-refractivity contribution in [1.82, 2.24) is 9.97 Å². The molecule has 0 aromatic carbocycles. The SMILES string of the molecule is Cc1nc([C@@H]2O[C@H](CO)C(O)[C@@H]2F)c(F)[nH]c1=O. The third-order valence-electron chi connectivity index (χ3n) is 2.83. The first-order valence-corrected chi connectivity index (χ1v) is 5.30. The number of aliphatic hydroxyl groups is 2. The first kappa shape index (κ1) is 13.1. The lowest BCUT2D eigenvalue weighted by atomic mass is 10.1. The average molecular weight is 262 g/mol. The fourth-order valence-electron chi connectivity index (χ4n) is 1.82. The summed E-state index contributed by atoms with van der Waals surface area (Å²) < 4.78 is 32.2. The van der Waals surface area contributed by atoms with Gasteiger partial charge in [0.15, 0.2) is 6.17 Å². The van der Waals surface area contributed by atoms with E-state index in [1.807, 2.05) is 4.98 Å². The van der Waals surface area contributed by atoms with Crippen LogP contribution in [0.25, 0.3) is 0 Å². The van der Waals surface area contributed by atoms with Crippen molar-refractivity contribution >= 4 is 0 Å². The highest BCUT2D eigenvalue weighted by Crippen LogP contribution is 2.35. The zero-order valence-corrected chi connectivity index (χ0v) is 9.43. The Bertz CT molecular complexity index is 507. The number of aryl methyl sites for hydroxylation is 1. The Morgan fingerprint density at radius 3 is 2.78 bits per heavy atom. The number of ether oxygens (including phenoxy) is 1. The summed E-state index contributed by atoms with van der Waals surface area (Å²) in [6.45, 7) is 0.742. The first-order chi connectivity index (χ1) is 8.45. The number of nitrogens with zero attached hydrogens (tertiary/aromatic N) is 1. The summed E-state index contributed by atoms with van der Waals surface area (Å²) in [6.07, 6.45) is -6.07. The molecule has 2 rings (SSSR count). The van der Waals surface area contributed by atoms with E-state index in [1.165, 1.54) is 6.92 Å². The molecule has 0 amide bonds. The number of halogens is 2. The van der Waals surface area contributed by atoms with E-state index in [0.29, 0.717) is 0 Å². The molecule has 1 saturated heterocycles. The van der Waals surface area contributed by atoms with E-state index >= 15 is 0 Å². The second kappa shape index (κ2) is 4.71. The number of nitrogens with one attached hydrogen (secondary N) is 1. The van der Waals surface area contributed by atoms with E-state index in [9.17, 15) is 18.7 Å². The molecule has 8 heteroatoms. The molecule has 0 saturated carbocycles. The van der Waals surface area contributed by atoms with Crippen LogP contribution in [0.1, 0.15) is 17.5 Å². The molecule has 1 unspecified atom stereocenters. The van der Waals surface area contributed by atoms with Crippen LogP contribution in [-0.4, -0.2) is 45.2 Å². The Morgan fingerprint density at radius 2 is 2.22 bits per heavy atom. The van der Waals surface area contributed by atoms with Crippen molar-refractivity contribution in [3.8, 4) is 0 Å². The van der Waals surface area contributed by atoms with Gasteiger partial charge in [0.2, 0.25) is 5.95 Å². The Hall–Kier alpha value is -1.38. The summed E-state index contributed by atoms with van der Waals surface area (Å²) in [6, 6.07) is 0. The van der Waals surface area contributed by atoms with Gasteiger partial charge < -0.3 is 14.9 Å². The summed E-state index contributed by atoms with van der Waals surface area (Å²) in [5.74, 6) is -1.11. The van der Waals surface area contributed by atoms with Crippen molar-refractivity contribution in [2.75, 3.05) is 6.61 Å². The van der Waals surface area contributed by atoms with Crippen LogP contribution in [0, 0.1) is 12.9 Å². The molecule has 18 heavy (non-hydrogen) atoms. The second-order valence-corrected chi connectivity index (χ2v) is 4.06. The fourth-order valence-corrected chi connectivity index (χ4v) is 1.82. The maximum atomic E-state index is 13.7.